The number of benzene rings is 2. The molecule has 4 rings (SSSR count). The highest BCUT2D eigenvalue weighted by Crippen LogP contribution is 2.27. The summed E-state index contributed by atoms with van der Waals surface area (Å²) in [7, 11) is 0. The van der Waals surface area contributed by atoms with Gasteiger partial charge in [-0.1, -0.05) is 60.7 Å². The monoisotopic (exact) mass is 358 g/mol. The number of nitrogens with two attached hydrogens (primary N) is 1. The molecule has 1 aromatic heterocycles. The molecule has 5 nitrogen and oxygen atoms in total. The highest BCUT2D eigenvalue weighted by atomic mass is 16.5. The summed E-state index contributed by atoms with van der Waals surface area (Å²) in [6.45, 7) is 3.16. The van der Waals surface area contributed by atoms with Crippen LogP contribution in [0.25, 0.3) is 0 Å². The minimum Gasteiger partial charge on any atom is -0.396 e. The number of aromatic nitrogens is 1. The van der Waals surface area contributed by atoms with Crippen molar-refractivity contribution < 1.29 is 4.74 Å². The second kappa shape index (κ2) is 8.01. The summed E-state index contributed by atoms with van der Waals surface area (Å²) < 4.78 is 5.41. The Hall–Kier alpha value is -3.18. The number of rotatable bonds is 4. The average Bonchev–Trinajstić information content (AvgIpc) is 2.75. The van der Waals surface area contributed by atoms with Crippen LogP contribution in [0, 0.1) is 0 Å². The smallest absolute Gasteiger partial charge is 0.176 e. The molecule has 1 aliphatic heterocycles. The molecule has 2 aromatic carbocycles. The minimum atomic E-state index is 0.537. The van der Waals surface area contributed by atoms with E-state index in [0.717, 1.165) is 48.8 Å². The van der Waals surface area contributed by atoms with Gasteiger partial charge in [-0.25, -0.2) is 9.98 Å². The van der Waals surface area contributed by atoms with E-state index in [4.69, 9.17) is 15.5 Å². The van der Waals surface area contributed by atoms with Gasteiger partial charge in [0.15, 0.2) is 5.82 Å². The Labute approximate surface area is 159 Å². The lowest BCUT2D eigenvalue weighted by molar-refractivity contribution is 0.122. The topological polar surface area (TPSA) is 63.7 Å². The Kier molecular flexibility index (Phi) is 5.12. The van der Waals surface area contributed by atoms with Crippen molar-refractivity contribution in [2.24, 2.45) is 4.99 Å². The van der Waals surface area contributed by atoms with Crippen LogP contribution in [0.4, 0.5) is 17.2 Å². The SMILES string of the molecule is Nc1cc(N2CCOCC2)cnc1N=C(c1ccccc1)c1ccccc1. The molecule has 2 heterocycles. The number of nitrogen functional groups attached to an aromatic ring is 1. The zero-order chi connectivity index (χ0) is 18.5. The third-order valence-electron chi connectivity index (χ3n) is 4.57. The second-order valence-corrected chi connectivity index (χ2v) is 6.40. The third kappa shape index (κ3) is 3.99. The van der Waals surface area contributed by atoms with Crippen molar-refractivity contribution in [2.75, 3.05) is 36.9 Å². The van der Waals surface area contributed by atoms with E-state index in [2.05, 4.69) is 9.88 Å². The van der Waals surface area contributed by atoms with Crippen LogP contribution in [0.15, 0.2) is 77.9 Å². The van der Waals surface area contributed by atoms with E-state index in [9.17, 15) is 0 Å². The Morgan fingerprint density at radius 3 is 2.07 bits per heavy atom. The van der Waals surface area contributed by atoms with Crippen molar-refractivity contribution in [1.29, 1.82) is 0 Å². The van der Waals surface area contributed by atoms with Crippen molar-refractivity contribution in [3.8, 4) is 0 Å². The third-order valence-corrected chi connectivity index (χ3v) is 4.57. The van der Waals surface area contributed by atoms with Crippen LogP contribution in [-0.2, 0) is 4.74 Å². The second-order valence-electron chi connectivity index (χ2n) is 6.40. The zero-order valence-electron chi connectivity index (χ0n) is 15.1. The molecule has 0 saturated carbocycles. The van der Waals surface area contributed by atoms with Crippen LogP contribution in [-0.4, -0.2) is 37.0 Å². The standard InChI is InChI=1S/C22H22N4O/c23-20-15-19(26-11-13-27-14-12-26)16-24-22(20)25-21(17-7-3-1-4-8-17)18-9-5-2-6-10-18/h1-10,15-16H,11-14,23H2. The molecule has 0 amide bonds. The summed E-state index contributed by atoms with van der Waals surface area (Å²) in [6.07, 6.45) is 1.84. The van der Waals surface area contributed by atoms with Crippen LogP contribution in [0.1, 0.15) is 11.1 Å². The van der Waals surface area contributed by atoms with Crippen LogP contribution in [0.2, 0.25) is 0 Å². The fourth-order valence-corrected chi connectivity index (χ4v) is 3.14. The van der Waals surface area contributed by atoms with Gasteiger partial charge in [0.2, 0.25) is 0 Å². The first-order chi connectivity index (χ1) is 13.3. The van der Waals surface area contributed by atoms with Crippen LogP contribution >= 0.6 is 0 Å². The molecule has 5 heteroatoms. The summed E-state index contributed by atoms with van der Waals surface area (Å²) >= 11 is 0. The van der Waals surface area contributed by atoms with Crippen LogP contribution < -0.4 is 10.6 Å². The molecule has 136 valence electrons. The number of aliphatic imine (C=N–C) groups is 1. The van der Waals surface area contributed by atoms with E-state index >= 15 is 0 Å². The summed E-state index contributed by atoms with van der Waals surface area (Å²) in [5.41, 5.74) is 10.8. The van der Waals surface area contributed by atoms with Gasteiger partial charge in [0.1, 0.15) is 0 Å². The van der Waals surface area contributed by atoms with Crippen molar-refractivity contribution in [1.82, 2.24) is 4.98 Å². The van der Waals surface area contributed by atoms with Crippen LogP contribution in [0.5, 0.6) is 0 Å². The fraction of sp³-hybridized carbons (Fsp3) is 0.182. The molecular weight excluding hydrogens is 336 g/mol. The number of nitrogens with zero attached hydrogens (tertiary/aromatic N) is 3. The van der Waals surface area contributed by atoms with Gasteiger partial charge < -0.3 is 15.4 Å². The van der Waals surface area contributed by atoms with E-state index in [0.29, 0.717) is 11.5 Å². The van der Waals surface area contributed by atoms with Crippen molar-refractivity contribution in [3.63, 3.8) is 0 Å². The van der Waals surface area contributed by atoms with Crippen molar-refractivity contribution >= 4 is 22.9 Å². The molecule has 1 saturated heterocycles. The maximum Gasteiger partial charge on any atom is 0.176 e. The molecule has 27 heavy (non-hydrogen) atoms. The fourth-order valence-electron chi connectivity index (χ4n) is 3.14. The van der Waals surface area contributed by atoms with E-state index in [1.54, 1.807) is 0 Å². The van der Waals surface area contributed by atoms with Gasteiger partial charge in [-0.3, -0.25) is 0 Å². The molecule has 1 aliphatic rings. The summed E-state index contributed by atoms with van der Waals surface area (Å²) in [5.74, 6) is 0.537. The highest BCUT2D eigenvalue weighted by Gasteiger charge is 2.14. The van der Waals surface area contributed by atoms with Gasteiger partial charge in [0.05, 0.1) is 36.5 Å². The first-order valence-electron chi connectivity index (χ1n) is 9.09. The lowest BCUT2D eigenvalue weighted by Gasteiger charge is -2.28. The lowest BCUT2D eigenvalue weighted by atomic mass is 10.0. The summed E-state index contributed by atoms with van der Waals surface area (Å²) in [6, 6.07) is 22.1. The highest BCUT2D eigenvalue weighted by molar-refractivity contribution is 6.14. The van der Waals surface area contributed by atoms with Gasteiger partial charge in [-0.15, -0.1) is 0 Å². The Balaban J connectivity index is 1.72. The number of pyridine rings is 1. The number of ether oxygens (including phenoxy) is 1. The normalized spacial score (nSPS) is 14.0. The minimum absolute atomic E-state index is 0.537. The number of hydrogen-bond acceptors (Lipinski definition) is 5. The van der Waals surface area contributed by atoms with Crippen LogP contribution in [0.3, 0.4) is 0 Å². The predicted molar refractivity (Wildman–Crippen MR) is 110 cm³/mol. The first kappa shape index (κ1) is 17.2. The van der Waals surface area contributed by atoms with Crippen molar-refractivity contribution in [3.05, 3.63) is 84.1 Å². The average molecular weight is 358 g/mol. The van der Waals surface area contributed by atoms with E-state index < -0.39 is 0 Å². The molecule has 0 atom stereocenters. The molecule has 0 unspecified atom stereocenters. The molecule has 0 aliphatic carbocycles. The predicted octanol–water partition coefficient (Wildman–Crippen LogP) is 3.67. The zero-order valence-corrected chi connectivity index (χ0v) is 15.1. The molecule has 0 spiro atoms. The van der Waals surface area contributed by atoms with Crippen molar-refractivity contribution in [2.45, 2.75) is 0 Å². The molecule has 0 radical (unpaired) electrons. The quantitative estimate of drug-likeness (QED) is 0.723. The largest absolute Gasteiger partial charge is 0.396 e. The molecule has 3 aromatic rings. The number of anilines is 2. The summed E-state index contributed by atoms with van der Waals surface area (Å²) in [4.78, 5) is 11.6. The molecule has 1 fully saturated rings. The molecule has 0 bridgehead atoms. The molecular formula is C22H22N4O. The number of morpholine rings is 1. The van der Waals surface area contributed by atoms with E-state index in [1.165, 1.54) is 0 Å². The maximum absolute atomic E-state index is 6.31. The Morgan fingerprint density at radius 2 is 1.52 bits per heavy atom. The van der Waals surface area contributed by atoms with Gasteiger partial charge in [0.25, 0.3) is 0 Å². The first-order valence-corrected chi connectivity index (χ1v) is 9.09. The maximum atomic E-state index is 6.31. The molecule has 2 N–H and O–H groups in total. The van der Waals surface area contributed by atoms with E-state index in [-0.39, 0.29) is 0 Å². The van der Waals surface area contributed by atoms with Gasteiger partial charge >= 0.3 is 0 Å². The van der Waals surface area contributed by atoms with Gasteiger partial charge in [-0.05, 0) is 6.07 Å². The lowest BCUT2D eigenvalue weighted by Crippen LogP contribution is -2.36. The van der Waals surface area contributed by atoms with E-state index in [1.807, 2.05) is 72.9 Å². The number of hydrogen-bond donors (Lipinski definition) is 1. The van der Waals surface area contributed by atoms with Gasteiger partial charge in [0, 0.05) is 24.2 Å². The Bertz CT molecular complexity index is 878. The Morgan fingerprint density at radius 1 is 0.926 bits per heavy atom. The van der Waals surface area contributed by atoms with Gasteiger partial charge in [-0.2, -0.15) is 0 Å². The summed E-state index contributed by atoms with van der Waals surface area (Å²) in [5, 5.41) is 0.